The van der Waals surface area contributed by atoms with E-state index in [2.05, 4.69) is 10.2 Å². The van der Waals surface area contributed by atoms with E-state index < -0.39 is 0 Å². The Kier molecular flexibility index (Phi) is 5.08. The van der Waals surface area contributed by atoms with Crippen molar-refractivity contribution in [1.82, 2.24) is 15.1 Å². The van der Waals surface area contributed by atoms with Gasteiger partial charge in [0.2, 0.25) is 5.91 Å². The highest BCUT2D eigenvalue weighted by atomic mass is 32.2. The van der Waals surface area contributed by atoms with Crippen LogP contribution in [0.15, 0.2) is 28.6 Å². The smallest absolute Gasteiger partial charge is 0.233 e. The lowest BCUT2D eigenvalue weighted by molar-refractivity contribution is -0.127. The number of thioether (sulfide) groups is 1. The third kappa shape index (κ3) is 4.01. The van der Waals surface area contributed by atoms with Gasteiger partial charge in [0.1, 0.15) is 10.8 Å². The molecular weight excluding hydrogens is 297 g/mol. The monoisotopic (exact) mass is 311 g/mol. The van der Waals surface area contributed by atoms with Crippen molar-refractivity contribution in [1.29, 1.82) is 0 Å². The van der Waals surface area contributed by atoms with Crippen molar-refractivity contribution < 1.29 is 9.18 Å². The van der Waals surface area contributed by atoms with E-state index in [0.717, 1.165) is 9.35 Å². The number of halogens is 1. The zero-order valence-corrected chi connectivity index (χ0v) is 12.8. The van der Waals surface area contributed by atoms with Crippen LogP contribution < -0.4 is 0 Å². The van der Waals surface area contributed by atoms with Crippen molar-refractivity contribution in [2.45, 2.75) is 17.8 Å². The van der Waals surface area contributed by atoms with E-state index in [0.29, 0.717) is 5.56 Å². The lowest BCUT2D eigenvalue weighted by Gasteiger charge is -2.17. The van der Waals surface area contributed by atoms with Crippen molar-refractivity contribution in [3.63, 3.8) is 0 Å². The molecule has 0 atom stereocenters. The highest BCUT2D eigenvalue weighted by Gasteiger charge is 2.13. The topological polar surface area (TPSA) is 46.1 Å². The van der Waals surface area contributed by atoms with E-state index in [4.69, 9.17) is 0 Å². The highest BCUT2D eigenvalue weighted by molar-refractivity contribution is 8.01. The number of nitrogens with zero attached hydrogens (tertiary/aromatic N) is 3. The molecule has 0 aliphatic rings. The summed E-state index contributed by atoms with van der Waals surface area (Å²) in [4.78, 5) is 13.5. The zero-order valence-electron chi connectivity index (χ0n) is 11.2. The Morgan fingerprint density at radius 1 is 1.40 bits per heavy atom. The molecule has 0 bridgehead atoms. The largest absolute Gasteiger partial charge is 0.341 e. The SMILES string of the molecule is Cc1nnc(SCC(=O)N(C)Cc2ccccc2F)s1. The molecule has 0 aliphatic heterocycles. The van der Waals surface area contributed by atoms with Crippen molar-refractivity contribution in [2.24, 2.45) is 0 Å². The number of benzene rings is 1. The Balaban J connectivity index is 1.87. The van der Waals surface area contributed by atoms with Gasteiger partial charge in [-0.15, -0.1) is 10.2 Å². The van der Waals surface area contributed by atoms with Gasteiger partial charge in [-0.1, -0.05) is 41.3 Å². The molecule has 2 aromatic rings. The third-order valence-corrected chi connectivity index (χ3v) is 4.57. The van der Waals surface area contributed by atoms with Crippen molar-refractivity contribution in [3.05, 3.63) is 40.7 Å². The van der Waals surface area contributed by atoms with Crippen molar-refractivity contribution in [3.8, 4) is 0 Å². The zero-order chi connectivity index (χ0) is 14.5. The van der Waals surface area contributed by atoms with E-state index in [-0.39, 0.29) is 24.0 Å². The summed E-state index contributed by atoms with van der Waals surface area (Å²) in [7, 11) is 1.67. The fraction of sp³-hybridized carbons (Fsp3) is 0.308. The maximum atomic E-state index is 13.5. The van der Waals surface area contributed by atoms with Crippen LogP contribution in [0.25, 0.3) is 0 Å². The van der Waals surface area contributed by atoms with Gasteiger partial charge < -0.3 is 4.90 Å². The average molecular weight is 311 g/mol. The van der Waals surface area contributed by atoms with Gasteiger partial charge in [0.25, 0.3) is 0 Å². The van der Waals surface area contributed by atoms with Crippen LogP contribution in [0.3, 0.4) is 0 Å². The molecule has 0 spiro atoms. The predicted molar refractivity (Wildman–Crippen MR) is 78.2 cm³/mol. The second-order valence-electron chi connectivity index (χ2n) is 4.22. The van der Waals surface area contributed by atoms with Crippen LogP contribution in [-0.2, 0) is 11.3 Å². The number of aromatic nitrogens is 2. The van der Waals surface area contributed by atoms with Gasteiger partial charge in [0.15, 0.2) is 4.34 Å². The van der Waals surface area contributed by atoms with E-state index in [1.807, 2.05) is 6.92 Å². The second-order valence-corrected chi connectivity index (χ2v) is 6.62. The summed E-state index contributed by atoms with van der Waals surface area (Å²) in [5.74, 6) is -0.0785. The second kappa shape index (κ2) is 6.81. The van der Waals surface area contributed by atoms with Gasteiger partial charge in [-0.25, -0.2) is 4.39 Å². The molecule has 2 rings (SSSR count). The summed E-state index contributed by atoms with van der Waals surface area (Å²) in [6, 6.07) is 6.47. The summed E-state index contributed by atoms with van der Waals surface area (Å²) < 4.78 is 14.3. The Bertz CT molecular complexity index is 603. The number of hydrogen-bond acceptors (Lipinski definition) is 5. The van der Waals surface area contributed by atoms with Crippen LogP contribution >= 0.6 is 23.1 Å². The molecule has 1 aromatic carbocycles. The minimum absolute atomic E-state index is 0.0638. The summed E-state index contributed by atoms with van der Waals surface area (Å²) in [6.45, 7) is 2.13. The van der Waals surface area contributed by atoms with E-state index in [1.165, 1.54) is 34.1 Å². The van der Waals surface area contributed by atoms with Crippen LogP contribution in [0.2, 0.25) is 0 Å². The number of rotatable bonds is 5. The Morgan fingerprint density at radius 2 is 2.15 bits per heavy atom. The molecule has 0 saturated heterocycles. The van der Waals surface area contributed by atoms with Crippen molar-refractivity contribution >= 4 is 29.0 Å². The molecule has 106 valence electrons. The highest BCUT2D eigenvalue weighted by Crippen LogP contribution is 2.22. The molecular formula is C13H14FN3OS2. The van der Waals surface area contributed by atoms with Gasteiger partial charge in [-0.2, -0.15) is 0 Å². The number of carbonyl (C=O) groups is 1. The number of amides is 1. The lowest BCUT2D eigenvalue weighted by atomic mass is 10.2. The number of carbonyl (C=O) groups excluding carboxylic acids is 1. The van der Waals surface area contributed by atoms with E-state index >= 15 is 0 Å². The van der Waals surface area contributed by atoms with Crippen LogP contribution in [0.5, 0.6) is 0 Å². The third-order valence-electron chi connectivity index (χ3n) is 2.62. The molecule has 0 unspecified atom stereocenters. The molecule has 0 aliphatic carbocycles. The predicted octanol–water partition coefficient (Wildman–Crippen LogP) is 2.74. The van der Waals surface area contributed by atoms with Gasteiger partial charge in [0.05, 0.1) is 5.75 Å². The normalized spacial score (nSPS) is 10.6. The molecule has 4 nitrogen and oxygen atoms in total. The fourth-order valence-corrected chi connectivity index (χ4v) is 3.30. The molecule has 1 aromatic heterocycles. The molecule has 7 heteroatoms. The number of hydrogen-bond donors (Lipinski definition) is 0. The first-order chi connectivity index (χ1) is 9.56. The lowest BCUT2D eigenvalue weighted by Crippen LogP contribution is -2.28. The Morgan fingerprint density at radius 3 is 2.80 bits per heavy atom. The maximum Gasteiger partial charge on any atom is 0.233 e. The molecule has 20 heavy (non-hydrogen) atoms. The van der Waals surface area contributed by atoms with Crippen molar-refractivity contribution in [2.75, 3.05) is 12.8 Å². The standard InChI is InChI=1S/C13H14FN3OS2/c1-9-15-16-13(20-9)19-8-12(18)17(2)7-10-5-3-4-6-11(10)14/h3-6H,7-8H2,1-2H3. The minimum atomic E-state index is -0.292. The Labute approximate surface area is 125 Å². The van der Waals surface area contributed by atoms with Gasteiger partial charge in [0, 0.05) is 19.2 Å². The average Bonchev–Trinajstić information content (AvgIpc) is 2.84. The summed E-state index contributed by atoms with van der Waals surface area (Å²) in [6.07, 6.45) is 0. The van der Waals surface area contributed by atoms with Crippen LogP contribution in [0.4, 0.5) is 4.39 Å². The van der Waals surface area contributed by atoms with E-state index in [1.54, 1.807) is 25.2 Å². The van der Waals surface area contributed by atoms with Crippen LogP contribution in [0.1, 0.15) is 10.6 Å². The molecule has 0 fully saturated rings. The summed E-state index contributed by atoms with van der Waals surface area (Å²) in [5, 5.41) is 8.71. The summed E-state index contributed by atoms with van der Waals surface area (Å²) >= 11 is 2.81. The molecule has 0 saturated carbocycles. The first-order valence-electron chi connectivity index (χ1n) is 5.96. The summed E-state index contributed by atoms with van der Waals surface area (Å²) in [5.41, 5.74) is 0.514. The molecule has 1 heterocycles. The van der Waals surface area contributed by atoms with Gasteiger partial charge in [-0.05, 0) is 13.0 Å². The number of aryl methyl sites for hydroxylation is 1. The Hall–Kier alpha value is -1.47. The van der Waals surface area contributed by atoms with Crippen LogP contribution in [-0.4, -0.2) is 33.8 Å². The van der Waals surface area contributed by atoms with E-state index in [9.17, 15) is 9.18 Å². The minimum Gasteiger partial charge on any atom is -0.341 e. The molecule has 1 amide bonds. The van der Waals surface area contributed by atoms with Gasteiger partial charge >= 0.3 is 0 Å². The fourth-order valence-electron chi connectivity index (χ4n) is 1.54. The first-order valence-corrected chi connectivity index (χ1v) is 7.76. The molecule has 0 N–H and O–H groups in total. The maximum absolute atomic E-state index is 13.5. The van der Waals surface area contributed by atoms with Crippen LogP contribution in [0, 0.1) is 12.7 Å². The molecule has 0 radical (unpaired) electrons. The first kappa shape index (κ1) is 14.9. The van der Waals surface area contributed by atoms with Gasteiger partial charge in [-0.3, -0.25) is 4.79 Å². The quantitative estimate of drug-likeness (QED) is 0.797.